The van der Waals surface area contributed by atoms with E-state index in [0.29, 0.717) is 19.7 Å². The molecule has 2 aromatic rings. The summed E-state index contributed by atoms with van der Waals surface area (Å²) in [4.78, 5) is 6.91. The Morgan fingerprint density at radius 2 is 1.89 bits per heavy atom. The summed E-state index contributed by atoms with van der Waals surface area (Å²) < 4.78 is 33.5. The number of hydrogen-bond donors (Lipinski definition) is 0. The third-order valence-corrected chi connectivity index (χ3v) is 7.34. The molecular weight excluding hydrogens is 374 g/mol. The van der Waals surface area contributed by atoms with Crippen LogP contribution in [0.3, 0.4) is 0 Å². The number of benzene rings is 1. The van der Waals surface area contributed by atoms with Crippen LogP contribution in [-0.2, 0) is 27.1 Å². The van der Waals surface area contributed by atoms with E-state index >= 15 is 0 Å². The van der Waals surface area contributed by atoms with Crippen molar-refractivity contribution in [2.45, 2.75) is 38.3 Å². The van der Waals surface area contributed by atoms with Gasteiger partial charge in [-0.1, -0.05) is 35.9 Å². The Kier molecular flexibility index (Phi) is 5.51. The maximum Gasteiger partial charge on any atom is 0.218 e. The maximum atomic E-state index is 13.0. The first-order valence-electron chi connectivity index (χ1n) is 9.72. The van der Waals surface area contributed by atoms with Crippen LogP contribution in [0, 0.1) is 13.8 Å². The molecule has 2 aliphatic heterocycles. The molecule has 2 aliphatic rings. The molecule has 2 saturated heterocycles. The van der Waals surface area contributed by atoms with Crippen LogP contribution >= 0.6 is 0 Å². The predicted molar refractivity (Wildman–Crippen MR) is 108 cm³/mol. The van der Waals surface area contributed by atoms with E-state index in [4.69, 9.17) is 4.74 Å². The molecule has 28 heavy (non-hydrogen) atoms. The summed E-state index contributed by atoms with van der Waals surface area (Å²) in [6.07, 6.45) is -0.0775. The zero-order chi connectivity index (χ0) is 19.7. The fourth-order valence-electron chi connectivity index (χ4n) is 4.03. The smallest absolute Gasteiger partial charge is 0.218 e. The number of sulfonamides is 1. The monoisotopic (exact) mass is 401 g/mol. The first kappa shape index (κ1) is 19.5. The van der Waals surface area contributed by atoms with Crippen LogP contribution in [0.5, 0.6) is 0 Å². The molecule has 0 bridgehead atoms. The number of hydrogen-bond acceptors (Lipinski definition) is 5. The van der Waals surface area contributed by atoms with Crippen molar-refractivity contribution < 1.29 is 13.2 Å². The minimum atomic E-state index is -3.38. The molecule has 0 aliphatic carbocycles. The van der Waals surface area contributed by atoms with Gasteiger partial charge in [0.25, 0.3) is 0 Å². The molecule has 7 heteroatoms. The van der Waals surface area contributed by atoms with E-state index < -0.39 is 10.0 Å². The fourth-order valence-corrected chi connectivity index (χ4v) is 5.58. The molecule has 1 aromatic heterocycles. The first-order valence-corrected chi connectivity index (χ1v) is 11.3. The summed E-state index contributed by atoms with van der Waals surface area (Å²) in [5, 5.41) is 0. The lowest BCUT2D eigenvalue weighted by Crippen LogP contribution is -2.50. The Bertz CT molecular complexity index is 930. The summed E-state index contributed by atoms with van der Waals surface area (Å²) in [6.45, 7) is 7.03. The number of morpholine rings is 1. The van der Waals surface area contributed by atoms with Gasteiger partial charge in [-0.25, -0.2) is 8.42 Å². The predicted octanol–water partition coefficient (Wildman–Crippen LogP) is 2.11. The molecular formula is C21H27N3O3S. The second-order valence-corrected chi connectivity index (χ2v) is 9.75. The highest BCUT2D eigenvalue weighted by Crippen LogP contribution is 2.27. The SMILES string of the molecule is Cc1ccc(CS(=O)(=O)N2C[C@@H]3OCCN(Cc4cccc(C)n4)[C@@H]3C2)cc1. The van der Waals surface area contributed by atoms with Gasteiger partial charge in [-0.3, -0.25) is 9.88 Å². The van der Waals surface area contributed by atoms with Crippen molar-refractivity contribution in [3.8, 4) is 0 Å². The van der Waals surface area contributed by atoms with Crippen molar-refractivity contribution in [1.29, 1.82) is 0 Å². The van der Waals surface area contributed by atoms with E-state index in [-0.39, 0.29) is 17.9 Å². The number of aromatic nitrogens is 1. The lowest BCUT2D eigenvalue weighted by Gasteiger charge is -2.36. The second-order valence-electron chi connectivity index (χ2n) is 7.78. The van der Waals surface area contributed by atoms with E-state index in [9.17, 15) is 8.42 Å². The Morgan fingerprint density at radius 3 is 2.64 bits per heavy atom. The van der Waals surface area contributed by atoms with Crippen molar-refractivity contribution in [2.75, 3.05) is 26.2 Å². The molecule has 4 rings (SSSR count). The summed E-state index contributed by atoms with van der Waals surface area (Å²) in [5.41, 5.74) is 3.96. The van der Waals surface area contributed by atoms with Gasteiger partial charge in [-0.2, -0.15) is 4.31 Å². The number of aryl methyl sites for hydroxylation is 2. The van der Waals surface area contributed by atoms with Gasteiger partial charge >= 0.3 is 0 Å². The van der Waals surface area contributed by atoms with Crippen LogP contribution in [0.4, 0.5) is 0 Å². The normalized spacial score (nSPS) is 23.6. The van der Waals surface area contributed by atoms with Gasteiger partial charge in [0.2, 0.25) is 10.0 Å². The van der Waals surface area contributed by atoms with Crippen LogP contribution in [0.2, 0.25) is 0 Å². The highest BCUT2D eigenvalue weighted by Gasteiger charge is 2.44. The van der Waals surface area contributed by atoms with Crippen LogP contribution < -0.4 is 0 Å². The first-order chi connectivity index (χ1) is 13.4. The topological polar surface area (TPSA) is 62.7 Å². The number of rotatable bonds is 5. The van der Waals surface area contributed by atoms with Crippen molar-refractivity contribution in [1.82, 2.24) is 14.2 Å². The molecule has 0 unspecified atom stereocenters. The van der Waals surface area contributed by atoms with Crippen LogP contribution in [0.25, 0.3) is 0 Å². The molecule has 6 nitrogen and oxygen atoms in total. The molecule has 0 saturated carbocycles. The van der Waals surface area contributed by atoms with Crippen LogP contribution in [0.15, 0.2) is 42.5 Å². The molecule has 0 N–H and O–H groups in total. The van der Waals surface area contributed by atoms with Crippen molar-refractivity contribution in [3.05, 3.63) is 65.0 Å². The van der Waals surface area contributed by atoms with Gasteiger partial charge in [0.15, 0.2) is 0 Å². The molecule has 2 atom stereocenters. The second kappa shape index (κ2) is 7.91. The quantitative estimate of drug-likeness (QED) is 0.768. The van der Waals surface area contributed by atoms with Gasteiger partial charge in [-0.05, 0) is 31.5 Å². The Balaban J connectivity index is 1.46. The highest BCUT2D eigenvalue weighted by molar-refractivity contribution is 7.88. The van der Waals surface area contributed by atoms with Crippen molar-refractivity contribution in [3.63, 3.8) is 0 Å². The van der Waals surface area contributed by atoms with Gasteiger partial charge in [-0.15, -0.1) is 0 Å². The Labute approximate surface area is 167 Å². The van der Waals surface area contributed by atoms with Crippen LogP contribution in [0.1, 0.15) is 22.5 Å². The molecule has 0 spiro atoms. The summed E-state index contributed by atoms with van der Waals surface area (Å²) >= 11 is 0. The van der Waals surface area contributed by atoms with E-state index in [1.165, 1.54) is 0 Å². The van der Waals surface area contributed by atoms with E-state index in [1.54, 1.807) is 4.31 Å². The zero-order valence-electron chi connectivity index (χ0n) is 16.4. The average molecular weight is 402 g/mol. The fraction of sp³-hybridized carbons (Fsp3) is 0.476. The van der Waals surface area contributed by atoms with E-state index in [2.05, 4.69) is 9.88 Å². The largest absolute Gasteiger partial charge is 0.374 e. The van der Waals surface area contributed by atoms with E-state index in [1.807, 2.05) is 56.3 Å². The third-order valence-electron chi connectivity index (χ3n) is 5.56. The maximum absolute atomic E-state index is 13.0. The summed E-state index contributed by atoms with van der Waals surface area (Å²) in [6, 6.07) is 13.8. The molecule has 2 fully saturated rings. The van der Waals surface area contributed by atoms with E-state index in [0.717, 1.165) is 35.6 Å². The summed E-state index contributed by atoms with van der Waals surface area (Å²) in [5.74, 6) is 0.0339. The van der Waals surface area contributed by atoms with Gasteiger partial charge in [0.1, 0.15) is 0 Å². The average Bonchev–Trinajstić information content (AvgIpc) is 3.10. The van der Waals surface area contributed by atoms with Crippen molar-refractivity contribution in [2.24, 2.45) is 0 Å². The number of fused-ring (bicyclic) bond motifs is 1. The molecule has 150 valence electrons. The minimum absolute atomic E-state index is 0.0339. The van der Waals surface area contributed by atoms with Gasteiger partial charge < -0.3 is 4.74 Å². The highest BCUT2D eigenvalue weighted by atomic mass is 32.2. The zero-order valence-corrected chi connectivity index (χ0v) is 17.2. The number of nitrogens with zero attached hydrogens (tertiary/aromatic N) is 3. The molecule has 3 heterocycles. The summed E-state index contributed by atoms with van der Waals surface area (Å²) in [7, 11) is -3.38. The number of ether oxygens (including phenoxy) is 1. The Hall–Kier alpha value is -1.80. The van der Waals surface area contributed by atoms with Gasteiger partial charge in [0, 0.05) is 31.9 Å². The number of pyridine rings is 1. The van der Waals surface area contributed by atoms with Crippen LogP contribution in [-0.4, -0.2) is 61.0 Å². The molecule has 1 aromatic carbocycles. The third kappa shape index (κ3) is 4.27. The lowest BCUT2D eigenvalue weighted by molar-refractivity contribution is -0.0506. The van der Waals surface area contributed by atoms with Crippen molar-refractivity contribution >= 4 is 10.0 Å². The van der Waals surface area contributed by atoms with Gasteiger partial charge in [0.05, 0.1) is 30.2 Å². The molecule has 0 radical (unpaired) electrons. The minimum Gasteiger partial charge on any atom is -0.374 e. The molecule has 0 amide bonds. The Morgan fingerprint density at radius 1 is 1.11 bits per heavy atom. The standard InChI is InChI=1S/C21H27N3O3S/c1-16-6-8-18(9-7-16)15-28(25,26)24-13-20-21(14-24)27-11-10-23(20)12-19-5-3-4-17(2)22-19/h3-9,20-21H,10-15H2,1-2H3/t20-,21+/m1/s1. The lowest BCUT2D eigenvalue weighted by atomic mass is 10.1.